The Hall–Kier alpha value is 1.42. The molecule has 1 radical (unpaired) electrons. The zero-order valence-corrected chi connectivity index (χ0v) is 4.05. The van der Waals surface area contributed by atoms with Gasteiger partial charge in [-0.3, -0.25) is 0 Å². The maximum atomic E-state index is 7.74. The smallest absolute Gasteiger partial charge is 0 e. The molecule has 6 heteroatoms. The van der Waals surface area contributed by atoms with Crippen molar-refractivity contribution < 1.29 is 38.5 Å². The van der Waals surface area contributed by atoms with Crippen LogP contribution in [0.2, 0.25) is 0 Å². The van der Waals surface area contributed by atoms with Gasteiger partial charge in [-0.25, -0.2) is 0 Å². The molecule has 0 aromatic rings. The Morgan fingerprint density at radius 3 is 1.29 bits per heavy atom. The van der Waals surface area contributed by atoms with Crippen molar-refractivity contribution in [1.29, 1.82) is 0 Å². The quantitative estimate of drug-likeness (QED) is 0.181. The van der Waals surface area contributed by atoms with E-state index in [1.807, 2.05) is 0 Å². The molecule has 1 aliphatic heterocycles. The third-order valence-electron chi connectivity index (χ3n) is 0.232. The van der Waals surface area contributed by atoms with Crippen LogP contribution in [0, 0.1) is 0 Å². The van der Waals surface area contributed by atoms with E-state index in [0.717, 1.165) is 0 Å². The fraction of sp³-hybridized carbons (Fsp3) is 1.00. The molecule has 1 saturated heterocycles. The Morgan fingerprint density at radius 2 is 1.29 bits per heavy atom. The van der Waals surface area contributed by atoms with Gasteiger partial charge in [-0.05, 0) is 0 Å². The maximum Gasteiger partial charge on any atom is 0 e. The first-order valence-corrected chi connectivity index (χ1v) is 1.02. The van der Waals surface area contributed by atoms with Gasteiger partial charge < -0.3 is 10.2 Å². The maximum absolute atomic E-state index is 7.74. The summed E-state index contributed by atoms with van der Waals surface area (Å²) in [5.74, 6) is 0. The third-order valence-corrected chi connectivity index (χ3v) is 0.232. The molecule has 7 heavy (non-hydrogen) atoms. The number of rotatable bonds is 0. The molecule has 0 atom stereocenters. The van der Waals surface area contributed by atoms with Gasteiger partial charge in [0.1, 0.15) is 0 Å². The Labute approximate surface area is 73.9 Å². The second kappa shape index (κ2) is 3.45. The van der Waals surface area contributed by atoms with Crippen LogP contribution < -0.4 is 0 Å². The molecule has 1 rings (SSSR count). The second-order valence-corrected chi connectivity index (χ2v) is 0.715. The summed E-state index contributed by atoms with van der Waals surface area (Å²) in [7, 11) is 0. The van der Waals surface area contributed by atoms with Crippen LogP contribution in [0.3, 0.4) is 0 Å². The van der Waals surface area contributed by atoms with Gasteiger partial charge in [-0.1, -0.05) is 0 Å². The average Bonchev–Trinajstić information content (AvgIpc) is 1.76. The first-order chi connectivity index (χ1) is 2.21. The van der Waals surface area contributed by atoms with Gasteiger partial charge in [-0.15, -0.1) is 9.78 Å². The predicted octanol–water partition coefficient (Wildman–Crippen LogP) is -2.11. The summed E-state index contributed by atoms with van der Waals surface area (Å²) < 4.78 is 0. The largest absolute Gasteiger partial charge is 0 e. The van der Waals surface area contributed by atoms with Crippen molar-refractivity contribution >= 4 is 29.6 Å². The molecule has 4 nitrogen and oxygen atoms in total. The predicted molar refractivity (Wildman–Crippen MR) is 16.5 cm³/mol. The van der Waals surface area contributed by atoms with Gasteiger partial charge in [0.25, 0.3) is 0 Å². The van der Waals surface area contributed by atoms with Crippen LogP contribution in [-0.2, 0) is 28.3 Å². The minimum atomic E-state index is -2.25. The van der Waals surface area contributed by atoms with Crippen molar-refractivity contribution in [2.45, 2.75) is 6.16 Å². The fourth-order valence-corrected chi connectivity index (χ4v) is 0.0373. The summed E-state index contributed by atoms with van der Waals surface area (Å²) in [6.45, 7) is 0. The standard InChI is InChI=1S/CH2O4.Na.V.H/c2-1(3)4-5-1;;;/h2-3H;;;. The molecule has 0 amide bonds. The van der Waals surface area contributed by atoms with E-state index in [1.54, 1.807) is 0 Å². The summed E-state index contributed by atoms with van der Waals surface area (Å²) in [5.41, 5.74) is 0. The summed E-state index contributed by atoms with van der Waals surface area (Å²) in [6, 6.07) is 0. The second-order valence-electron chi connectivity index (χ2n) is 0.715. The summed E-state index contributed by atoms with van der Waals surface area (Å²) in [5, 5.41) is 15.5. The van der Waals surface area contributed by atoms with E-state index in [0.29, 0.717) is 0 Å². The number of hydrogen-bond donors (Lipinski definition) is 2. The van der Waals surface area contributed by atoms with E-state index < -0.39 is 6.16 Å². The molecule has 0 aromatic heterocycles. The third kappa shape index (κ3) is 5.29. The Kier molecular flexibility index (Phi) is 5.55. The molecule has 1 aliphatic rings. The summed E-state index contributed by atoms with van der Waals surface area (Å²) in [4.78, 5) is 7.01. The average molecular weight is 153 g/mol. The molecule has 37 valence electrons. The van der Waals surface area contributed by atoms with Crippen LogP contribution in [0.1, 0.15) is 0 Å². The van der Waals surface area contributed by atoms with E-state index in [1.165, 1.54) is 0 Å². The zero-order valence-electron chi connectivity index (χ0n) is 2.66. The van der Waals surface area contributed by atoms with Crippen molar-refractivity contribution in [2.24, 2.45) is 0 Å². The van der Waals surface area contributed by atoms with Gasteiger partial charge in [0.05, 0.1) is 0 Å². The summed E-state index contributed by atoms with van der Waals surface area (Å²) >= 11 is 0. The Balaban J connectivity index is 0. The minimum absolute atomic E-state index is 0. The van der Waals surface area contributed by atoms with Crippen LogP contribution in [0.15, 0.2) is 0 Å². The molecule has 1 heterocycles. The molecule has 0 unspecified atom stereocenters. The van der Waals surface area contributed by atoms with Crippen molar-refractivity contribution in [2.75, 3.05) is 0 Å². The van der Waals surface area contributed by atoms with Crippen LogP contribution >= 0.6 is 0 Å². The molecule has 2 N–H and O–H groups in total. The molecule has 0 saturated carbocycles. The molecular formula is CH3NaO4V. The topological polar surface area (TPSA) is 65.5 Å². The summed E-state index contributed by atoms with van der Waals surface area (Å²) in [6.07, 6.45) is -2.25. The van der Waals surface area contributed by atoms with Gasteiger partial charge in [0.2, 0.25) is 0 Å². The number of aliphatic hydroxyl groups is 2. The molecule has 0 bridgehead atoms. The van der Waals surface area contributed by atoms with Crippen LogP contribution in [0.4, 0.5) is 0 Å². The van der Waals surface area contributed by atoms with Crippen molar-refractivity contribution in [1.82, 2.24) is 0 Å². The fourth-order valence-electron chi connectivity index (χ4n) is 0.0373. The normalized spacial score (nSPS) is 21.4. The Morgan fingerprint density at radius 1 is 1.14 bits per heavy atom. The van der Waals surface area contributed by atoms with Gasteiger partial charge in [0, 0.05) is 18.6 Å². The van der Waals surface area contributed by atoms with Crippen LogP contribution in [-0.4, -0.2) is 45.9 Å². The molecule has 1 fully saturated rings. The van der Waals surface area contributed by atoms with E-state index in [-0.39, 0.29) is 48.1 Å². The first-order valence-electron chi connectivity index (χ1n) is 1.02. The molecular weight excluding hydrogens is 150 g/mol. The van der Waals surface area contributed by atoms with E-state index in [4.69, 9.17) is 10.2 Å². The zero-order chi connectivity index (χ0) is 3.91. The van der Waals surface area contributed by atoms with E-state index >= 15 is 0 Å². The monoisotopic (exact) mass is 153 g/mol. The minimum Gasteiger partial charge on any atom is 0 e. The van der Waals surface area contributed by atoms with Gasteiger partial charge >= 0.3 is 35.7 Å². The van der Waals surface area contributed by atoms with Crippen molar-refractivity contribution in [3.63, 3.8) is 0 Å². The SMILES string of the molecule is OC1(O)OO1.[NaH].[V]. The Bertz CT molecular complexity index is 49.7. The van der Waals surface area contributed by atoms with Gasteiger partial charge in [-0.2, -0.15) is 0 Å². The van der Waals surface area contributed by atoms with E-state index in [9.17, 15) is 0 Å². The molecule has 0 aromatic carbocycles. The first kappa shape index (κ1) is 11.3. The van der Waals surface area contributed by atoms with Crippen molar-refractivity contribution in [3.8, 4) is 0 Å². The molecule has 0 aliphatic carbocycles. The molecule has 0 spiro atoms. The van der Waals surface area contributed by atoms with Crippen molar-refractivity contribution in [3.05, 3.63) is 0 Å². The number of hydrogen-bond acceptors (Lipinski definition) is 4. The van der Waals surface area contributed by atoms with Crippen LogP contribution in [0.25, 0.3) is 0 Å². The van der Waals surface area contributed by atoms with Crippen LogP contribution in [0.5, 0.6) is 0 Å². The van der Waals surface area contributed by atoms with E-state index in [2.05, 4.69) is 9.78 Å². The van der Waals surface area contributed by atoms with Gasteiger partial charge in [0.15, 0.2) is 0 Å².